The average Bonchev–Trinajstić information content (AvgIpc) is 3.63. The van der Waals surface area contributed by atoms with Crippen LogP contribution in [0.5, 0.6) is 5.75 Å². The molecule has 1 aliphatic carbocycles. The van der Waals surface area contributed by atoms with E-state index in [2.05, 4.69) is 19.2 Å². The number of ether oxygens (including phenoxy) is 2. The molecule has 2 amide bonds. The number of para-hydroxylation sites is 1. The number of rotatable bonds is 9. The Hall–Kier alpha value is -2.61. The quantitative estimate of drug-likeness (QED) is 0.559. The Balaban J connectivity index is 1.52. The van der Waals surface area contributed by atoms with Gasteiger partial charge in [0.05, 0.1) is 24.6 Å². The second-order valence-electron chi connectivity index (χ2n) is 11.0. The van der Waals surface area contributed by atoms with Gasteiger partial charge in [0, 0.05) is 36.7 Å². The zero-order valence-corrected chi connectivity index (χ0v) is 21.7. The predicted molar refractivity (Wildman–Crippen MR) is 135 cm³/mol. The van der Waals surface area contributed by atoms with Crippen LogP contribution >= 0.6 is 0 Å². The summed E-state index contributed by atoms with van der Waals surface area (Å²) in [6.45, 7) is 9.32. The third-order valence-corrected chi connectivity index (χ3v) is 8.18. The third-order valence-electron chi connectivity index (χ3n) is 8.18. The lowest BCUT2D eigenvalue weighted by atomic mass is 9.79. The molecule has 8 nitrogen and oxygen atoms in total. The molecule has 192 valence electrons. The van der Waals surface area contributed by atoms with E-state index in [0.29, 0.717) is 26.1 Å². The fraction of sp³-hybridized carbons (Fsp3) is 0.667. The van der Waals surface area contributed by atoms with Crippen molar-refractivity contribution in [3.8, 4) is 5.75 Å². The maximum atomic E-state index is 13.5. The molecule has 2 aliphatic heterocycles. The molecule has 4 rings (SSSR count). The Labute approximate surface area is 208 Å². The van der Waals surface area contributed by atoms with Crippen molar-refractivity contribution in [1.29, 1.82) is 0 Å². The van der Waals surface area contributed by atoms with Crippen LogP contribution in [0.25, 0.3) is 0 Å². The molecular formula is C27H40N4O4. The van der Waals surface area contributed by atoms with E-state index in [1.165, 1.54) is 0 Å². The van der Waals surface area contributed by atoms with Gasteiger partial charge in [0.2, 0.25) is 11.8 Å². The van der Waals surface area contributed by atoms with Gasteiger partial charge >= 0.3 is 0 Å². The minimum absolute atomic E-state index is 0.00662. The Bertz CT molecular complexity index is 987. The normalized spacial score (nSPS) is 27.3. The maximum absolute atomic E-state index is 13.5. The molecule has 0 saturated heterocycles. The SMILES string of the molecule is CCC1(CC)CC(=O)N([C@H](CCOC)[C@H]2C[C@@H]2C(=O)N[C@@H]2c3ccccc3OCC2(C)C)C(N)=N1. The smallest absolute Gasteiger partial charge is 0.231 e. The number of carbonyl (C=O) groups is 2. The molecule has 0 bridgehead atoms. The number of amides is 2. The molecular weight excluding hydrogens is 444 g/mol. The number of nitrogens with zero attached hydrogens (tertiary/aromatic N) is 2. The van der Waals surface area contributed by atoms with Crippen molar-refractivity contribution < 1.29 is 19.1 Å². The van der Waals surface area contributed by atoms with Gasteiger partial charge in [0.15, 0.2) is 5.96 Å². The number of benzene rings is 1. The molecule has 1 saturated carbocycles. The highest BCUT2D eigenvalue weighted by Gasteiger charge is 2.53. The number of hydrogen-bond donors (Lipinski definition) is 2. The van der Waals surface area contributed by atoms with Crippen molar-refractivity contribution in [1.82, 2.24) is 10.2 Å². The lowest BCUT2D eigenvalue weighted by molar-refractivity contribution is -0.133. The number of nitrogens with one attached hydrogen (secondary N) is 1. The average molecular weight is 485 g/mol. The summed E-state index contributed by atoms with van der Waals surface area (Å²) in [6.07, 6.45) is 3.21. The molecule has 8 heteroatoms. The molecule has 2 heterocycles. The highest BCUT2D eigenvalue weighted by Crippen LogP contribution is 2.48. The fourth-order valence-corrected chi connectivity index (χ4v) is 5.70. The van der Waals surface area contributed by atoms with E-state index in [-0.39, 0.29) is 47.1 Å². The van der Waals surface area contributed by atoms with Gasteiger partial charge < -0.3 is 20.5 Å². The van der Waals surface area contributed by atoms with Crippen LogP contribution in [0.3, 0.4) is 0 Å². The first-order valence-corrected chi connectivity index (χ1v) is 12.8. The summed E-state index contributed by atoms with van der Waals surface area (Å²) in [5.74, 6) is 0.956. The Morgan fingerprint density at radius 3 is 2.69 bits per heavy atom. The molecule has 3 N–H and O–H groups in total. The van der Waals surface area contributed by atoms with E-state index in [1.807, 2.05) is 38.1 Å². The molecule has 4 atom stereocenters. The van der Waals surface area contributed by atoms with Gasteiger partial charge in [-0.05, 0) is 37.7 Å². The van der Waals surface area contributed by atoms with Crippen LogP contribution in [0, 0.1) is 17.3 Å². The second kappa shape index (κ2) is 9.80. The van der Waals surface area contributed by atoms with E-state index in [0.717, 1.165) is 30.6 Å². The Kier molecular flexibility index (Phi) is 7.13. The molecule has 1 aromatic rings. The summed E-state index contributed by atoms with van der Waals surface area (Å²) in [5, 5.41) is 3.31. The minimum atomic E-state index is -0.425. The number of hydrogen-bond acceptors (Lipinski definition) is 6. The second-order valence-corrected chi connectivity index (χ2v) is 11.0. The van der Waals surface area contributed by atoms with E-state index in [9.17, 15) is 9.59 Å². The van der Waals surface area contributed by atoms with Crippen LogP contribution in [0.2, 0.25) is 0 Å². The first-order chi connectivity index (χ1) is 16.7. The molecule has 0 unspecified atom stereocenters. The van der Waals surface area contributed by atoms with Crippen LogP contribution in [-0.2, 0) is 14.3 Å². The number of carbonyl (C=O) groups excluding carboxylic acids is 2. The van der Waals surface area contributed by atoms with Crippen LogP contribution < -0.4 is 15.8 Å². The molecule has 0 spiro atoms. The van der Waals surface area contributed by atoms with Crippen molar-refractivity contribution in [3.05, 3.63) is 29.8 Å². The highest BCUT2D eigenvalue weighted by atomic mass is 16.5. The number of nitrogens with two attached hydrogens (primary N) is 1. The first kappa shape index (κ1) is 25.5. The molecule has 1 aromatic carbocycles. The Morgan fingerprint density at radius 2 is 2.03 bits per heavy atom. The van der Waals surface area contributed by atoms with Crippen molar-refractivity contribution in [2.24, 2.45) is 28.0 Å². The van der Waals surface area contributed by atoms with Crippen molar-refractivity contribution in [2.45, 2.75) is 77.4 Å². The highest BCUT2D eigenvalue weighted by molar-refractivity contribution is 5.99. The standard InChI is InChI=1S/C27H40N4O4/c1-6-27(7-2)15-22(32)31(25(28)30-27)20(12-13-34-5)18-14-19(18)24(33)29-23-17-10-8-9-11-21(17)35-16-26(23,3)4/h8-11,18-20,23H,6-7,12-16H2,1-5H3,(H2,28,30)(H,29,33)/t18-,19-,20+,23+/m0/s1. The van der Waals surface area contributed by atoms with Crippen LogP contribution in [0.1, 0.15) is 71.4 Å². The predicted octanol–water partition coefficient (Wildman–Crippen LogP) is 3.41. The summed E-state index contributed by atoms with van der Waals surface area (Å²) in [5.41, 5.74) is 6.73. The van der Waals surface area contributed by atoms with E-state index < -0.39 is 5.54 Å². The molecule has 0 radical (unpaired) electrons. The number of guanidine groups is 1. The molecule has 3 aliphatic rings. The fourth-order valence-electron chi connectivity index (χ4n) is 5.70. The summed E-state index contributed by atoms with van der Waals surface area (Å²) >= 11 is 0. The molecule has 35 heavy (non-hydrogen) atoms. The third kappa shape index (κ3) is 4.90. The summed E-state index contributed by atoms with van der Waals surface area (Å²) < 4.78 is 11.3. The summed E-state index contributed by atoms with van der Waals surface area (Å²) in [4.78, 5) is 33.2. The minimum Gasteiger partial charge on any atom is -0.493 e. The van der Waals surface area contributed by atoms with Gasteiger partial charge in [-0.1, -0.05) is 45.9 Å². The van der Waals surface area contributed by atoms with Gasteiger partial charge in [-0.15, -0.1) is 0 Å². The maximum Gasteiger partial charge on any atom is 0.231 e. The van der Waals surface area contributed by atoms with Gasteiger partial charge in [-0.3, -0.25) is 14.5 Å². The van der Waals surface area contributed by atoms with Crippen LogP contribution in [-0.4, -0.2) is 54.6 Å². The molecule has 0 aromatic heterocycles. The molecule has 1 fully saturated rings. The largest absolute Gasteiger partial charge is 0.493 e. The van der Waals surface area contributed by atoms with E-state index in [4.69, 9.17) is 20.2 Å². The summed E-state index contributed by atoms with van der Waals surface area (Å²) in [6, 6.07) is 7.53. The zero-order valence-electron chi connectivity index (χ0n) is 21.7. The van der Waals surface area contributed by atoms with E-state index >= 15 is 0 Å². The topological polar surface area (TPSA) is 106 Å². The van der Waals surface area contributed by atoms with Crippen LogP contribution in [0.4, 0.5) is 0 Å². The van der Waals surface area contributed by atoms with Gasteiger partial charge in [0.1, 0.15) is 5.75 Å². The van der Waals surface area contributed by atoms with Gasteiger partial charge in [0.25, 0.3) is 0 Å². The Morgan fingerprint density at radius 1 is 1.31 bits per heavy atom. The summed E-state index contributed by atoms with van der Waals surface area (Å²) in [7, 11) is 1.65. The number of fused-ring (bicyclic) bond motifs is 1. The lowest BCUT2D eigenvalue weighted by Gasteiger charge is -2.41. The van der Waals surface area contributed by atoms with Crippen molar-refractivity contribution in [2.75, 3.05) is 20.3 Å². The van der Waals surface area contributed by atoms with E-state index in [1.54, 1.807) is 12.0 Å². The van der Waals surface area contributed by atoms with Gasteiger partial charge in [-0.25, -0.2) is 4.99 Å². The number of aliphatic imine (C=N–C) groups is 1. The monoisotopic (exact) mass is 484 g/mol. The first-order valence-electron chi connectivity index (χ1n) is 12.8. The lowest BCUT2D eigenvalue weighted by Crippen LogP contribution is -2.56. The van der Waals surface area contributed by atoms with Crippen molar-refractivity contribution >= 4 is 17.8 Å². The van der Waals surface area contributed by atoms with Crippen LogP contribution in [0.15, 0.2) is 29.3 Å². The van der Waals surface area contributed by atoms with Crippen molar-refractivity contribution in [3.63, 3.8) is 0 Å². The number of methoxy groups -OCH3 is 1. The zero-order chi connectivity index (χ0) is 25.4. The van der Waals surface area contributed by atoms with Gasteiger partial charge in [-0.2, -0.15) is 0 Å².